The molecule has 0 aliphatic rings. The predicted octanol–water partition coefficient (Wildman–Crippen LogP) is 4.31. The van der Waals surface area contributed by atoms with Crippen LogP contribution in [0.3, 0.4) is 0 Å². The normalized spacial score (nSPS) is 12.4. The second-order valence-electron chi connectivity index (χ2n) is 7.06. The van der Waals surface area contributed by atoms with E-state index < -0.39 is 5.91 Å². The van der Waals surface area contributed by atoms with Crippen molar-refractivity contribution < 1.29 is 10.0 Å². The maximum atomic E-state index is 11.1. The maximum absolute atomic E-state index is 11.1. The minimum absolute atomic E-state index is 0.0657. The van der Waals surface area contributed by atoms with Crippen molar-refractivity contribution in [2.75, 3.05) is 0 Å². The standard InChI is InChI=1S/C23H26N4O2/c1-3-19(18-10-7-17(8-11-18)9-14-23(28)26-29)21(24)13-12-20-16(2)25-27-15-5-4-6-22(20)27/h4-11,14-15,19,24,29H,3,12-13H2,1-2H3,(H,26,28)/b14-9+,24-21?/t19-/m0/s1. The Labute approximate surface area is 170 Å². The predicted molar refractivity (Wildman–Crippen MR) is 114 cm³/mol. The van der Waals surface area contributed by atoms with E-state index in [0.717, 1.165) is 35.2 Å². The lowest BCUT2D eigenvalue weighted by Crippen LogP contribution is -2.14. The Morgan fingerprint density at radius 1 is 1.28 bits per heavy atom. The number of nitrogens with one attached hydrogen (secondary N) is 2. The number of carbonyl (C=O) groups excluding carboxylic acids is 1. The molecule has 0 saturated carbocycles. The number of amides is 1. The van der Waals surface area contributed by atoms with Crippen LogP contribution in [0.2, 0.25) is 0 Å². The third kappa shape index (κ3) is 4.78. The second-order valence-corrected chi connectivity index (χ2v) is 7.06. The summed E-state index contributed by atoms with van der Waals surface area (Å²) in [6, 6.07) is 13.9. The van der Waals surface area contributed by atoms with Crippen LogP contribution >= 0.6 is 0 Å². The van der Waals surface area contributed by atoms with Crippen LogP contribution in [-0.2, 0) is 11.2 Å². The van der Waals surface area contributed by atoms with Crippen molar-refractivity contribution in [1.29, 1.82) is 5.41 Å². The molecule has 1 aromatic carbocycles. The molecule has 1 amide bonds. The molecule has 2 heterocycles. The molecule has 29 heavy (non-hydrogen) atoms. The number of hydrogen-bond acceptors (Lipinski definition) is 4. The zero-order chi connectivity index (χ0) is 20.8. The fourth-order valence-electron chi connectivity index (χ4n) is 3.64. The van der Waals surface area contributed by atoms with Crippen LogP contribution in [0, 0.1) is 12.3 Å². The molecule has 3 aromatic rings. The Morgan fingerprint density at radius 3 is 2.72 bits per heavy atom. The van der Waals surface area contributed by atoms with Crippen LogP contribution in [0.15, 0.2) is 54.7 Å². The average molecular weight is 390 g/mol. The third-order valence-corrected chi connectivity index (χ3v) is 5.19. The molecule has 2 aromatic heterocycles. The molecule has 0 saturated heterocycles. The van der Waals surface area contributed by atoms with Crippen molar-refractivity contribution in [1.82, 2.24) is 15.1 Å². The molecule has 0 unspecified atom stereocenters. The minimum atomic E-state index is -0.565. The van der Waals surface area contributed by atoms with Crippen molar-refractivity contribution in [2.24, 2.45) is 0 Å². The molecule has 0 radical (unpaired) electrons. The van der Waals surface area contributed by atoms with Gasteiger partial charge in [0.05, 0.1) is 11.2 Å². The monoisotopic (exact) mass is 390 g/mol. The average Bonchev–Trinajstić information content (AvgIpc) is 3.06. The van der Waals surface area contributed by atoms with Gasteiger partial charge in [0.2, 0.25) is 0 Å². The molecule has 0 spiro atoms. The highest BCUT2D eigenvalue weighted by atomic mass is 16.5. The SMILES string of the molecule is CC[C@H](C(=N)CCc1c(C)nn2ccccc12)c1ccc(/C=C/C(=O)NO)cc1. The fraction of sp³-hybridized carbons (Fsp3) is 0.261. The Balaban J connectivity index is 1.69. The lowest BCUT2D eigenvalue weighted by Gasteiger charge is -2.17. The van der Waals surface area contributed by atoms with Crippen LogP contribution in [0.1, 0.15) is 48.1 Å². The summed E-state index contributed by atoms with van der Waals surface area (Å²) in [5.74, 6) is -0.499. The number of aromatic nitrogens is 2. The van der Waals surface area contributed by atoms with Crippen molar-refractivity contribution in [3.63, 3.8) is 0 Å². The second kappa shape index (κ2) is 9.30. The third-order valence-electron chi connectivity index (χ3n) is 5.19. The molecule has 150 valence electrons. The molecule has 1 atom stereocenters. The van der Waals surface area contributed by atoms with Gasteiger partial charge in [0.25, 0.3) is 5.91 Å². The van der Waals surface area contributed by atoms with Gasteiger partial charge in [0.1, 0.15) is 0 Å². The van der Waals surface area contributed by atoms with Gasteiger partial charge in [-0.2, -0.15) is 5.10 Å². The van der Waals surface area contributed by atoms with Gasteiger partial charge in [-0.1, -0.05) is 37.3 Å². The van der Waals surface area contributed by atoms with E-state index in [2.05, 4.69) is 18.1 Å². The highest BCUT2D eigenvalue weighted by Crippen LogP contribution is 2.25. The van der Waals surface area contributed by atoms with Gasteiger partial charge in [-0.15, -0.1) is 0 Å². The van der Waals surface area contributed by atoms with Crippen LogP contribution in [0.5, 0.6) is 0 Å². The van der Waals surface area contributed by atoms with Crippen molar-refractivity contribution in [2.45, 2.75) is 39.0 Å². The van der Waals surface area contributed by atoms with Crippen molar-refractivity contribution in [3.05, 3.63) is 77.1 Å². The Hall–Kier alpha value is -3.25. The fourth-order valence-corrected chi connectivity index (χ4v) is 3.64. The first-order valence-corrected chi connectivity index (χ1v) is 9.75. The zero-order valence-corrected chi connectivity index (χ0v) is 16.7. The number of pyridine rings is 1. The number of carbonyl (C=O) groups is 1. The minimum Gasteiger partial charge on any atom is -0.309 e. The van der Waals surface area contributed by atoms with E-state index in [1.54, 1.807) is 11.6 Å². The summed E-state index contributed by atoms with van der Waals surface area (Å²) in [5.41, 5.74) is 7.56. The smallest absolute Gasteiger partial charge is 0.267 e. The highest BCUT2D eigenvalue weighted by molar-refractivity contribution is 5.91. The summed E-state index contributed by atoms with van der Waals surface area (Å²) in [5, 5.41) is 21.8. The number of benzene rings is 1. The van der Waals surface area contributed by atoms with E-state index in [1.165, 1.54) is 11.6 Å². The van der Waals surface area contributed by atoms with Gasteiger partial charge >= 0.3 is 0 Å². The maximum Gasteiger partial charge on any atom is 0.267 e. The zero-order valence-electron chi connectivity index (χ0n) is 16.7. The first-order chi connectivity index (χ1) is 14.0. The number of rotatable bonds is 8. The first kappa shape index (κ1) is 20.5. The molecular weight excluding hydrogens is 364 g/mol. The topological polar surface area (TPSA) is 90.5 Å². The summed E-state index contributed by atoms with van der Waals surface area (Å²) in [7, 11) is 0. The van der Waals surface area contributed by atoms with Crippen LogP contribution in [-0.4, -0.2) is 26.4 Å². The Kier molecular flexibility index (Phi) is 6.57. The molecule has 0 aliphatic heterocycles. The van der Waals surface area contributed by atoms with Crippen molar-refractivity contribution >= 4 is 23.2 Å². The molecular formula is C23H26N4O2. The summed E-state index contributed by atoms with van der Waals surface area (Å²) < 4.78 is 1.90. The van der Waals surface area contributed by atoms with Crippen LogP contribution < -0.4 is 5.48 Å². The van der Waals surface area contributed by atoms with Crippen LogP contribution in [0.4, 0.5) is 0 Å². The summed E-state index contributed by atoms with van der Waals surface area (Å²) in [6.07, 6.45) is 7.20. The summed E-state index contributed by atoms with van der Waals surface area (Å²) in [4.78, 5) is 11.1. The first-order valence-electron chi connectivity index (χ1n) is 9.75. The van der Waals surface area contributed by atoms with E-state index in [-0.39, 0.29) is 5.92 Å². The number of hydroxylamine groups is 1. The molecule has 0 aliphatic carbocycles. The van der Waals surface area contributed by atoms with Crippen LogP contribution in [0.25, 0.3) is 11.6 Å². The highest BCUT2D eigenvalue weighted by Gasteiger charge is 2.17. The molecule has 3 rings (SSSR count). The number of nitrogens with zero attached hydrogens (tertiary/aromatic N) is 2. The van der Waals surface area contributed by atoms with E-state index in [4.69, 9.17) is 10.6 Å². The quantitative estimate of drug-likeness (QED) is 0.232. The number of fused-ring (bicyclic) bond motifs is 1. The molecule has 0 fully saturated rings. The Bertz CT molecular complexity index is 1030. The molecule has 0 bridgehead atoms. The van der Waals surface area contributed by atoms with Crippen molar-refractivity contribution in [3.8, 4) is 0 Å². The number of hydrogen-bond donors (Lipinski definition) is 3. The van der Waals surface area contributed by atoms with E-state index in [0.29, 0.717) is 12.1 Å². The van der Waals surface area contributed by atoms with Gasteiger partial charge in [0, 0.05) is 29.5 Å². The largest absolute Gasteiger partial charge is 0.309 e. The van der Waals surface area contributed by atoms with E-state index in [9.17, 15) is 4.79 Å². The van der Waals surface area contributed by atoms with Gasteiger partial charge in [0.15, 0.2) is 0 Å². The summed E-state index contributed by atoms with van der Waals surface area (Å²) >= 11 is 0. The summed E-state index contributed by atoms with van der Waals surface area (Å²) in [6.45, 7) is 4.12. The molecule has 3 N–H and O–H groups in total. The van der Waals surface area contributed by atoms with Gasteiger partial charge in [-0.3, -0.25) is 10.0 Å². The van der Waals surface area contributed by atoms with E-state index in [1.807, 2.05) is 54.0 Å². The van der Waals surface area contributed by atoms with E-state index >= 15 is 0 Å². The molecule has 6 heteroatoms. The van der Waals surface area contributed by atoms with Gasteiger partial charge in [-0.25, -0.2) is 10.00 Å². The Morgan fingerprint density at radius 2 is 2.03 bits per heavy atom. The van der Waals surface area contributed by atoms with Gasteiger partial charge < -0.3 is 5.41 Å². The number of aryl methyl sites for hydroxylation is 2. The lowest BCUT2D eigenvalue weighted by atomic mass is 9.88. The lowest BCUT2D eigenvalue weighted by molar-refractivity contribution is -0.124. The van der Waals surface area contributed by atoms with Gasteiger partial charge in [-0.05, 0) is 55.5 Å². The molecule has 6 nitrogen and oxygen atoms in total.